The quantitative estimate of drug-likeness (QED) is 0.592. The zero-order valence-corrected chi connectivity index (χ0v) is 15.1. The van der Waals surface area contributed by atoms with Crippen LogP contribution in [0.1, 0.15) is 19.5 Å². The lowest BCUT2D eigenvalue weighted by Gasteiger charge is -2.13. The second-order valence-corrected chi connectivity index (χ2v) is 6.02. The summed E-state index contributed by atoms with van der Waals surface area (Å²) >= 11 is 0. The molecule has 1 heterocycles. The van der Waals surface area contributed by atoms with Gasteiger partial charge in [0.05, 0.1) is 14.2 Å². The first-order valence-electron chi connectivity index (χ1n) is 7.13. The third-order valence-corrected chi connectivity index (χ3v) is 3.84. The maximum atomic E-state index is 12.5. The van der Waals surface area contributed by atoms with Crippen LogP contribution < -0.4 is 13.7 Å². The maximum Gasteiger partial charge on any atom is 0.534 e. The van der Waals surface area contributed by atoms with Crippen molar-refractivity contribution in [3.05, 3.63) is 23.9 Å². The highest BCUT2D eigenvalue weighted by Gasteiger charge is 2.49. The van der Waals surface area contributed by atoms with Crippen LogP contribution in [0.3, 0.4) is 0 Å². The molecule has 0 N–H and O–H groups in total. The molecule has 0 saturated carbocycles. The van der Waals surface area contributed by atoms with Crippen LogP contribution in [0.5, 0.6) is 17.4 Å². The SMILES string of the molecule is CC.COc1cc2cc(C)nc(OS(=O)(=O)C(F)(F)F)c2cc1OC. The topological polar surface area (TPSA) is 74.7 Å². The Morgan fingerprint density at radius 2 is 1.52 bits per heavy atom. The number of methoxy groups -OCH3 is 2. The summed E-state index contributed by atoms with van der Waals surface area (Å²) in [6.07, 6.45) is 0. The fraction of sp³-hybridized carbons (Fsp3) is 0.400. The van der Waals surface area contributed by atoms with Gasteiger partial charge in [-0.15, -0.1) is 0 Å². The first-order chi connectivity index (χ1) is 11.6. The second kappa shape index (κ2) is 7.77. The van der Waals surface area contributed by atoms with Crippen molar-refractivity contribution in [3.63, 3.8) is 0 Å². The van der Waals surface area contributed by atoms with Crippen LogP contribution in [0.4, 0.5) is 13.2 Å². The minimum Gasteiger partial charge on any atom is -0.493 e. The Bertz CT molecular complexity index is 850. The number of alkyl halides is 3. The van der Waals surface area contributed by atoms with E-state index in [4.69, 9.17) is 9.47 Å². The van der Waals surface area contributed by atoms with Crippen molar-refractivity contribution < 1.29 is 35.2 Å². The molecule has 6 nitrogen and oxygen atoms in total. The first-order valence-corrected chi connectivity index (χ1v) is 8.54. The van der Waals surface area contributed by atoms with E-state index in [1.165, 1.54) is 33.3 Å². The monoisotopic (exact) mass is 381 g/mol. The molecule has 2 aromatic rings. The van der Waals surface area contributed by atoms with Gasteiger partial charge in [-0.1, -0.05) is 13.8 Å². The van der Waals surface area contributed by atoms with Gasteiger partial charge in [-0.05, 0) is 30.5 Å². The molecule has 2 rings (SSSR count). The number of benzene rings is 1. The van der Waals surface area contributed by atoms with E-state index in [0.29, 0.717) is 11.1 Å². The van der Waals surface area contributed by atoms with E-state index in [1.54, 1.807) is 6.07 Å². The number of rotatable bonds is 4. The lowest BCUT2D eigenvalue weighted by atomic mass is 10.1. The van der Waals surface area contributed by atoms with E-state index in [1.807, 2.05) is 13.8 Å². The Labute approximate surface area is 143 Å². The molecule has 0 radical (unpaired) electrons. The molecule has 0 atom stereocenters. The van der Waals surface area contributed by atoms with Gasteiger partial charge in [-0.3, -0.25) is 0 Å². The first kappa shape index (κ1) is 20.8. The van der Waals surface area contributed by atoms with Crippen molar-refractivity contribution in [1.82, 2.24) is 4.98 Å². The Morgan fingerprint density at radius 1 is 1.00 bits per heavy atom. The molecule has 0 saturated heterocycles. The van der Waals surface area contributed by atoms with E-state index in [-0.39, 0.29) is 16.8 Å². The summed E-state index contributed by atoms with van der Waals surface area (Å²) < 4.78 is 74.2. The van der Waals surface area contributed by atoms with Gasteiger partial charge in [-0.2, -0.15) is 21.6 Å². The molecular weight excluding hydrogens is 363 g/mol. The molecule has 0 aliphatic carbocycles. The normalized spacial score (nSPS) is 11.5. The minimum atomic E-state index is -5.83. The molecular formula is C15H18F3NO5S. The number of pyridine rings is 1. The lowest BCUT2D eigenvalue weighted by Crippen LogP contribution is -2.28. The molecule has 0 spiro atoms. The van der Waals surface area contributed by atoms with Gasteiger partial charge >= 0.3 is 15.6 Å². The predicted octanol–water partition coefficient (Wildman–Crippen LogP) is 3.82. The average molecular weight is 381 g/mol. The molecule has 0 aliphatic rings. The molecule has 1 aromatic heterocycles. The van der Waals surface area contributed by atoms with Gasteiger partial charge in [0.2, 0.25) is 5.88 Å². The number of nitrogens with zero attached hydrogens (tertiary/aromatic N) is 1. The van der Waals surface area contributed by atoms with Crippen LogP contribution >= 0.6 is 0 Å². The number of hydrogen-bond donors (Lipinski definition) is 0. The Kier molecular flexibility index (Phi) is 6.47. The molecule has 10 heteroatoms. The summed E-state index contributed by atoms with van der Waals surface area (Å²) in [5.41, 5.74) is -5.28. The number of fused-ring (bicyclic) bond motifs is 1. The molecule has 1 aromatic carbocycles. The summed E-state index contributed by atoms with van der Waals surface area (Å²) in [6, 6.07) is 4.32. The number of aromatic nitrogens is 1. The van der Waals surface area contributed by atoms with Crippen molar-refractivity contribution in [2.24, 2.45) is 0 Å². The number of halogens is 3. The molecule has 0 fully saturated rings. The van der Waals surface area contributed by atoms with Crippen LogP contribution in [0, 0.1) is 6.92 Å². The van der Waals surface area contributed by atoms with Gasteiger partial charge in [0.15, 0.2) is 11.5 Å². The van der Waals surface area contributed by atoms with E-state index in [2.05, 4.69) is 9.17 Å². The summed E-state index contributed by atoms with van der Waals surface area (Å²) in [5.74, 6) is -0.159. The molecule has 140 valence electrons. The number of aryl methyl sites for hydroxylation is 1. The van der Waals surface area contributed by atoms with Gasteiger partial charge < -0.3 is 13.7 Å². The van der Waals surface area contributed by atoms with E-state index >= 15 is 0 Å². The third-order valence-electron chi connectivity index (χ3n) is 2.90. The zero-order chi connectivity index (χ0) is 19.4. The van der Waals surface area contributed by atoms with Crippen molar-refractivity contribution in [3.8, 4) is 17.4 Å². The van der Waals surface area contributed by atoms with Crippen LogP contribution in [-0.2, 0) is 10.1 Å². The lowest BCUT2D eigenvalue weighted by molar-refractivity contribution is -0.0500. The summed E-state index contributed by atoms with van der Waals surface area (Å²) in [5, 5.41) is 0.434. The average Bonchev–Trinajstić information content (AvgIpc) is 2.54. The summed E-state index contributed by atoms with van der Waals surface area (Å²) in [7, 11) is -3.11. The van der Waals surface area contributed by atoms with Gasteiger partial charge in [0, 0.05) is 11.1 Å². The molecule has 0 aliphatic heterocycles. The Hall–Kier alpha value is -2.23. The summed E-state index contributed by atoms with van der Waals surface area (Å²) in [6.45, 7) is 5.49. The highest BCUT2D eigenvalue weighted by atomic mass is 32.2. The maximum absolute atomic E-state index is 12.5. The van der Waals surface area contributed by atoms with Crippen LogP contribution in [0.15, 0.2) is 18.2 Å². The zero-order valence-electron chi connectivity index (χ0n) is 14.3. The fourth-order valence-corrected chi connectivity index (χ4v) is 2.32. The second-order valence-electron chi connectivity index (χ2n) is 4.48. The number of ether oxygens (including phenoxy) is 2. The van der Waals surface area contributed by atoms with Crippen molar-refractivity contribution >= 4 is 20.9 Å². The van der Waals surface area contributed by atoms with Crippen LogP contribution in [0.25, 0.3) is 10.8 Å². The Balaban J connectivity index is 0.00000151. The molecule has 0 amide bonds. The highest BCUT2D eigenvalue weighted by Crippen LogP contribution is 2.37. The van der Waals surface area contributed by atoms with Crippen molar-refractivity contribution in [2.75, 3.05) is 14.2 Å². The van der Waals surface area contributed by atoms with Gasteiger partial charge in [-0.25, -0.2) is 4.98 Å². The smallest absolute Gasteiger partial charge is 0.493 e. The summed E-state index contributed by atoms with van der Waals surface area (Å²) in [4.78, 5) is 3.73. The van der Waals surface area contributed by atoms with Gasteiger partial charge in [0.25, 0.3) is 0 Å². The van der Waals surface area contributed by atoms with Crippen LogP contribution in [-0.4, -0.2) is 33.1 Å². The fourth-order valence-electron chi connectivity index (χ4n) is 1.89. The van der Waals surface area contributed by atoms with E-state index in [0.717, 1.165) is 0 Å². The molecule has 0 unspecified atom stereocenters. The van der Waals surface area contributed by atoms with Crippen molar-refractivity contribution in [2.45, 2.75) is 26.3 Å². The molecule has 0 bridgehead atoms. The van der Waals surface area contributed by atoms with Gasteiger partial charge in [0.1, 0.15) is 0 Å². The van der Waals surface area contributed by atoms with E-state index in [9.17, 15) is 21.6 Å². The number of hydrogen-bond acceptors (Lipinski definition) is 6. The predicted molar refractivity (Wildman–Crippen MR) is 86.5 cm³/mol. The largest absolute Gasteiger partial charge is 0.534 e. The Morgan fingerprint density at radius 3 is 2.00 bits per heavy atom. The minimum absolute atomic E-state index is 0.0427. The highest BCUT2D eigenvalue weighted by molar-refractivity contribution is 7.88. The standard InChI is InChI=1S/C13H12F3NO5S.C2H6/c1-7-4-8-5-10(20-2)11(21-3)6-9(8)12(17-7)22-23(18,19)13(14,15)16;1-2/h4-6H,1-3H3;1-2H3. The van der Waals surface area contributed by atoms with Crippen LogP contribution in [0.2, 0.25) is 0 Å². The van der Waals surface area contributed by atoms with E-state index < -0.39 is 21.5 Å². The molecule has 25 heavy (non-hydrogen) atoms. The van der Waals surface area contributed by atoms with Crippen molar-refractivity contribution in [1.29, 1.82) is 0 Å². The third kappa shape index (κ3) is 4.44.